The van der Waals surface area contributed by atoms with E-state index in [-0.39, 0.29) is 29.8 Å². The van der Waals surface area contributed by atoms with Crippen LogP contribution in [0, 0.1) is 12.3 Å². The average Bonchev–Trinajstić information content (AvgIpc) is 2.43. The van der Waals surface area contributed by atoms with E-state index in [9.17, 15) is 15.3 Å². The number of phenolic OH excluding ortho intramolecular Hbond substituents is 3. The van der Waals surface area contributed by atoms with Gasteiger partial charge in [0.2, 0.25) is 5.90 Å². The zero-order valence-corrected chi connectivity index (χ0v) is 10.9. The van der Waals surface area contributed by atoms with Crippen molar-refractivity contribution in [2.45, 2.75) is 13.5 Å². The first-order valence-electron chi connectivity index (χ1n) is 6.00. The van der Waals surface area contributed by atoms with E-state index in [1.807, 2.05) is 0 Å². The normalized spacial score (nSPS) is 10.2. The molecule has 0 amide bonds. The summed E-state index contributed by atoms with van der Waals surface area (Å²) < 4.78 is 5.28. The average molecular weight is 273 g/mol. The van der Waals surface area contributed by atoms with Crippen LogP contribution in [0.3, 0.4) is 0 Å². The summed E-state index contributed by atoms with van der Waals surface area (Å²) in [7, 11) is 0. The lowest BCUT2D eigenvalue weighted by molar-refractivity contribution is 0.282. The van der Waals surface area contributed by atoms with Gasteiger partial charge in [0.1, 0.15) is 12.4 Å². The Morgan fingerprint density at radius 1 is 1.10 bits per heavy atom. The van der Waals surface area contributed by atoms with Gasteiger partial charge >= 0.3 is 0 Å². The molecule has 2 aromatic carbocycles. The van der Waals surface area contributed by atoms with Crippen molar-refractivity contribution in [1.82, 2.24) is 0 Å². The first kappa shape index (κ1) is 13.7. The molecule has 0 atom stereocenters. The molecular formula is C15H15NO4. The molecule has 0 saturated carbocycles. The third-order valence-corrected chi connectivity index (χ3v) is 2.93. The topological polar surface area (TPSA) is 93.8 Å². The van der Waals surface area contributed by atoms with Crippen molar-refractivity contribution in [3.63, 3.8) is 0 Å². The predicted molar refractivity (Wildman–Crippen MR) is 74.2 cm³/mol. The molecule has 20 heavy (non-hydrogen) atoms. The van der Waals surface area contributed by atoms with Gasteiger partial charge in [0, 0.05) is 11.1 Å². The van der Waals surface area contributed by atoms with Crippen LogP contribution in [-0.2, 0) is 11.3 Å². The van der Waals surface area contributed by atoms with Crippen LogP contribution in [0.4, 0.5) is 0 Å². The van der Waals surface area contributed by atoms with E-state index in [0.717, 1.165) is 0 Å². The number of para-hydroxylation sites is 1. The highest BCUT2D eigenvalue weighted by molar-refractivity contribution is 5.92. The zero-order valence-electron chi connectivity index (χ0n) is 10.9. The molecule has 0 fully saturated rings. The van der Waals surface area contributed by atoms with Gasteiger partial charge in [0.05, 0.1) is 0 Å². The minimum Gasteiger partial charge on any atom is -0.508 e. The van der Waals surface area contributed by atoms with Gasteiger partial charge in [-0.1, -0.05) is 12.1 Å². The lowest BCUT2D eigenvalue weighted by atomic mass is 10.1. The number of ether oxygens (including phenoxy) is 1. The number of rotatable bonds is 3. The quantitative estimate of drug-likeness (QED) is 0.393. The van der Waals surface area contributed by atoms with E-state index in [0.29, 0.717) is 16.7 Å². The molecule has 104 valence electrons. The van der Waals surface area contributed by atoms with Gasteiger partial charge in [-0.05, 0) is 36.8 Å². The molecule has 0 bridgehead atoms. The molecule has 4 N–H and O–H groups in total. The maximum Gasteiger partial charge on any atom is 0.213 e. The molecule has 2 aromatic rings. The SMILES string of the molecule is Cc1cc(C(=N)OCc2cccc(O)c2O)ccc1O. The van der Waals surface area contributed by atoms with Crippen LogP contribution in [0.25, 0.3) is 0 Å². The van der Waals surface area contributed by atoms with Crippen molar-refractivity contribution in [3.05, 3.63) is 53.1 Å². The Kier molecular flexibility index (Phi) is 3.79. The Balaban J connectivity index is 2.08. The van der Waals surface area contributed by atoms with Crippen molar-refractivity contribution in [3.8, 4) is 17.2 Å². The second-order valence-electron chi connectivity index (χ2n) is 4.40. The van der Waals surface area contributed by atoms with Gasteiger partial charge in [-0.3, -0.25) is 5.41 Å². The Hall–Kier alpha value is -2.69. The molecule has 0 aliphatic rings. The van der Waals surface area contributed by atoms with Crippen molar-refractivity contribution in [2.24, 2.45) is 0 Å². The molecule has 0 aliphatic carbocycles. The summed E-state index contributed by atoms with van der Waals surface area (Å²) in [6.07, 6.45) is 0. The van der Waals surface area contributed by atoms with E-state index in [1.165, 1.54) is 12.1 Å². The summed E-state index contributed by atoms with van der Waals surface area (Å²) in [6, 6.07) is 9.27. The smallest absolute Gasteiger partial charge is 0.213 e. The second-order valence-corrected chi connectivity index (χ2v) is 4.40. The third kappa shape index (κ3) is 2.83. The highest BCUT2D eigenvalue weighted by Gasteiger charge is 2.09. The minimum atomic E-state index is -0.248. The van der Waals surface area contributed by atoms with Crippen LogP contribution >= 0.6 is 0 Å². The number of phenols is 3. The molecular weight excluding hydrogens is 258 g/mol. The van der Waals surface area contributed by atoms with E-state index in [1.54, 1.807) is 31.2 Å². The van der Waals surface area contributed by atoms with Crippen molar-refractivity contribution in [1.29, 1.82) is 5.41 Å². The molecule has 2 rings (SSSR count). The molecule has 0 unspecified atom stereocenters. The summed E-state index contributed by atoms with van der Waals surface area (Å²) in [5.41, 5.74) is 1.57. The minimum absolute atomic E-state index is 0.0288. The lowest BCUT2D eigenvalue weighted by Gasteiger charge is -2.10. The predicted octanol–water partition coefficient (Wildman–Crippen LogP) is 2.65. The first-order chi connectivity index (χ1) is 9.49. The number of aryl methyl sites for hydroxylation is 1. The number of nitrogens with one attached hydrogen (secondary N) is 1. The van der Waals surface area contributed by atoms with Crippen molar-refractivity contribution in [2.75, 3.05) is 0 Å². The highest BCUT2D eigenvalue weighted by Crippen LogP contribution is 2.28. The van der Waals surface area contributed by atoms with E-state index in [4.69, 9.17) is 10.1 Å². The molecule has 0 radical (unpaired) electrons. The van der Waals surface area contributed by atoms with Gasteiger partial charge in [-0.2, -0.15) is 0 Å². The Morgan fingerprint density at radius 2 is 1.85 bits per heavy atom. The van der Waals surface area contributed by atoms with Crippen LogP contribution in [0.2, 0.25) is 0 Å². The Morgan fingerprint density at radius 3 is 2.55 bits per heavy atom. The van der Waals surface area contributed by atoms with E-state index in [2.05, 4.69) is 0 Å². The molecule has 5 heteroatoms. The number of hydrogen-bond donors (Lipinski definition) is 4. The molecule has 0 heterocycles. The fourth-order valence-electron chi connectivity index (χ4n) is 1.72. The maximum absolute atomic E-state index is 9.63. The summed E-state index contributed by atoms with van der Waals surface area (Å²) in [5.74, 6) is -0.386. The van der Waals surface area contributed by atoms with Crippen LogP contribution in [0.15, 0.2) is 36.4 Å². The number of hydrogen-bond acceptors (Lipinski definition) is 5. The maximum atomic E-state index is 9.63. The van der Waals surface area contributed by atoms with Gasteiger partial charge in [0.25, 0.3) is 0 Å². The lowest BCUT2D eigenvalue weighted by Crippen LogP contribution is -2.05. The fourth-order valence-corrected chi connectivity index (χ4v) is 1.72. The van der Waals surface area contributed by atoms with Crippen LogP contribution in [-0.4, -0.2) is 21.2 Å². The van der Waals surface area contributed by atoms with E-state index >= 15 is 0 Å². The molecule has 0 spiro atoms. The second kappa shape index (κ2) is 5.52. The standard InChI is InChI=1S/C15H15NO4/c1-9-7-10(5-6-12(9)17)15(16)20-8-11-3-2-4-13(18)14(11)19/h2-7,16-19H,8H2,1H3. The fraction of sp³-hybridized carbons (Fsp3) is 0.133. The Labute approximate surface area is 116 Å². The summed E-state index contributed by atoms with van der Waals surface area (Å²) in [6.45, 7) is 1.70. The molecule has 0 aromatic heterocycles. The first-order valence-corrected chi connectivity index (χ1v) is 6.00. The van der Waals surface area contributed by atoms with E-state index < -0.39 is 0 Å². The van der Waals surface area contributed by atoms with Crippen LogP contribution in [0.1, 0.15) is 16.7 Å². The van der Waals surface area contributed by atoms with Gasteiger partial charge in [-0.15, -0.1) is 0 Å². The molecule has 0 saturated heterocycles. The number of benzene rings is 2. The van der Waals surface area contributed by atoms with Crippen LogP contribution in [0.5, 0.6) is 17.2 Å². The molecule has 0 aliphatic heterocycles. The van der Waals surface area contributed by atoms with Crippen LogP contribution < -0.4 is 0 Å². The largest absolute Gasteiger partial charge is 0.508 e. The van der Waals surface area contributed by atoms with Crippen molar-refractivity contribution >= 4 is 5.90 Å². The Bertz CT molecular complexity index is 652. The summed E-state index contributed by atoms with van der Waals surface area (Å²) >= 11 is 0. The zero-order chi connectivity index (χ0) is 14.7. The summed E-state index contributed by atoms with van der Waals surface area (Å²) in [5, 5.41) is 36.2. The monoisotopic (exact) mass is 273 g/mol. The molecule has 5 nitrogen and oxygen atoms in total. The third-order valence-electron chi connectivity index (χ3n) is 2.93. The van der Waals surface area contributed by atoms with Gasteiger partial charge < -0.3 is 20.1 Å². The summed E-state index contributed by atoms with van der Waals surface area (Å²) in [4.78, 5) is 0. The highest BCUT2D eigenvalue weighted by atomic mass is 16.5. The van der Waals surface area contributed by atoms with Crippen molar-refractivity contribution < 1.29 is 20.1 Å². The van der Waals surface area contributed by atoms with Gasteiger partial charge in [0.15, 0.2) is 11.5 Å². The van der Waals surface area contributed by atoms with Gasteiger partial charge in [-0.25, -0.2) is 0 Å². The number of aromatic hydroxyl groups is 3.